The van der Waals surface area contributed by atoms with Crippen LogP contribution in [0.5, 0.6) is 0 Å². The predicted molar refractivity (Wildman–Crippen MR) is 125 cm³/mol. The summed E-state index contributed by atoms with van der Waals surface area (Å²) in [6.07, 6.45) is 2.14. The molecule has 1 aromatic rings. The molecule has 0 fully saturated rings. The van der Waals surface area contributed by atoms with E-state index in [0.29, 0.717) is 24.5 Å². The molecule has 0 heterocycles. The number of sulfonamides is 1. The van der Waals surface area contributed by atoms with Crippen LogP contribution in [-0.2, 0) is 16.6 Å². The Bertz CT molecular complexity index is 658. The summed E-state index contributed by atoms with van der Waals surface area (Å²) in [5, 5.41) is 6.38. The summed E-state index contributed by atoms with van der Waals surface area (Å²) in [7, 11) is -1.65. The first kappa shape index (κ1) is 26.1. The standard InChI is InChI=1S/C19H34N4O2S.HI/c1-16(11-12-19(2,3)4)23-18(20-5)21-13-14-26(24,25)22-15-17-9-7-6-8-10-17;/h6-10,16,22H,11-15H2,1-5H3,(H2,20,21,23);1H. The number of guanidine groups is 1. The van der Waals surface area contributed by atoms with Gasteiger partial charge in [-0.25, -0.2) is 13.1 Å². The molecular weight excluding hydrogens is 475 g/mol. The molecule has 8 heteroatoms. The van der Waals surface area contributed by atoms with Gasteiger partial charge in [-0.1, -0.05) is 51.1 Å². The molecule has 6 nitrogen and oxygen atoms in total. The number of hydrogen-bond acceptors (Lipinski definition) is 3. The first-order valence-electron chi connectivity index (χ1n) is 9.10. The average molecular weight is 510 g/mol. The van der Waals surface area contributed by atoms with Crippen LogP contribution in [-0.4, -0.2) is 39.8 Å². The van der Waals surface area contributed by atoms with Gasteiger partial charge in [-0.05, 0) is 30.7 Å². The Morgan fingerprint density at radius 3 is 2.37 bits per heavy atom. The van der Waals surface area contributed by atoms with Crippen LogP contribution in [0.1, 0.15) is 46.1 Å². The van der Waals surface area contributed by atoms with E-state index in [-0.39, 0.29) is 35.8 Å². The topological polar surface area (TPSA) is 82.6 Å². The smallest absolute Gasteiger partial charge is 0.213 e. The molecule has 156 valence electrons. The largest absolute Gasteiger partial charge is 0.355 e. The maximum absolute atomic E-state index is 12.1. The first-order valence-corrected chi connectivity index (χ1v) is 10.7. The van der Waals surface area contributed by atoms with Crippen molar-refractivity contribution in [3.05, 3.63) is 35.9 Å². The van der Waals surface area contributed by atoms with E-state index in [2.05, 4.69) is 48.0 Å². The molecule has 0 aliphatic carbocycles. The van der Waals surface area contributed by atoms with Gasteiger partial charge in [-0.3, -0.25) is 4.99 Å². The van der Waals surface area contributed by atoms with Crippen LogP contribution in [0.15, 0.2) is 35.3 Å². The summed E-state index contributed by atoms with van der Waals surface area (Å²) < 4.78 is 26.8. The zero-order valence-electron chi connectivity index (χ0n) is 17.1. The third-order valence-electron chi connectivity index (χ3n) is 3.94. The van der Waals surface area contributed by atoms with Crippen molar-refractivity contribution in [3.63, 3.8) is 0 Å². The fraction of sp³-hybridized carbons (Fsp3) is 0.632. The molecule has 1 aromatic carbocycles. The molecule has 0 saturated carbocycles. The van der Waals surface area contributed by atoms with E-state index in [1.54, 1.807) is 7.05 Å². The summed E-state index contributed by atoms with van der Waals surface area (Å²) in [6.45, 7) is 9.38. The Hall–Kier alpha value is -0.870. The SMILES string of the molecule is CN=C(NCCS(=O)(=O)NCc1ccccc1)NC(C)CCC(C)(C)C.I. The Labute approximate surface area is 182 Å². The quantitative estimate of drug-likeness (QED) is 0.271. The molecule has 0 spiro atoms. The van der Waals surface area contributed by atoms with Crippen LogP contribution in [0.4, 0.5) is 0 Å². The van der Waals surface area contributed by atoms with Gasteiger partial charge in [0.1, 0.15) is 0 Å². The molecule has 3 N–H and O–H groups in total. The predicted octanol–water partition coefficient (Wildman–Crippen LogP) is 3.10. The number of nitrogens with zero attached hydrogens (tertiary/aromatic N) is 1. The molecule has 0 radical (unpaired) electrons. The number of benzene rings is 1. The minimum Gasteiger partial charge on any atom is -0.355 e. The third kappa shape index (κ3) is 13.0. The maximum Gasteiger partial charge on any atom is 0.213 e. The van der Waals surface area contributed by atoms with Gasteiger partial charge in [0.2, 0.25) is 10.0 Å². The number of nitrogens with one attached hydrogen (secondary N) is 3. The van der Waals surface area contributed by atoms with Crippen molar-refractivity contribution in [2.45, 2.75) is 53.1 Å². The third-order valence-corrected chi connectivity index (χ3v) is 5.26. The zero-order chi connectivity index (χ0) is 19.6. The van der Waals surface area contributed by atoms with Gasteiger partial charge in [0, 0.05) is 26.2 Å². The molecule has 0 aliphatic heterocycles. The monoisotopic (exact) mass is 510 g/mol. The minimum absolute atomic E-state index is 0. The van der Waals surface area contributed by atoms with E-state index >= 15 is 0 Å². The van der Waals surface area contributed by atoms with Gasteiger partial charge in [0.15, 0.2) is 5.96 Å². The number of halogens is 1. The van der Waals surface area contributed by atoms with Crippen LogP contribution in [0.25, 0.3) is 0 Å². The highest BCUT2D eigenvalue weighted by molar-refractivity contribution is 14.0. The molecule has 0 aromatic heterocycles. The molecule has 0 saturated heterocycles. The van der Waals surface area contributed by atoms with Crippen LogP contribution in [0.3, 0.4) is 0 Å². The van der Waals surface area contributed by atoms with Crippen molar-refractivity contribution in [1.29, 1.82) is 0 Å². The Morgan fingerprint density at radius 2 is 1.81 bits per heavy atom. The van der Waals surface area contributed by atoms with Gasteiger partial charge in [0.05, 0.1) is 5.75 Å². The summed E-state index contributed by atoms with van der Waals surface area (Å²) in [4.78, 5) is 4.16. The fourth-order valence-electron chi connectivity index (χ4n) is 2.31. The molecule has 1 unspecified atom stereocenters. The van der Waals surface area contributed by atoms with E-state index < -0.39 is 10.0 Å². The molecule has 1 rings (SSSR count). The van der Waals surface area contributed by atoms with Crippen LogP contribution in [0, 0.1) is 5.41 Å². The van der Waals surface area contributed by atoms with Crippen LogP contribution in [0.2, 0.25) is 0 Å². The van der Waals surface area contributed by atoms with Crippen molar-refractivity contribution >= 4 is 40.0 Å². The van der Waals surface area contributed by atoms with Gasteiger partial charge in [-0.2, -0.15) is 0 Å². The normalized spacial score (nSPS) is 13.6. The Morgan fingerprint density at radius 1 is 1.19 bits per heavy atom. The fourth-order valence-corrected chi connectivity index (χ4v) is 3.22. The second-order valence-electron chi connectivity index (χ2n) is 7.77. The highest BCUT2D eigenvalue weighted by Gasteiger charge is 2.14. The van der Waals surface area contributed by atoms with E-state index in [4.69, 9.17) is 0 Å². The van der Waals surface area contributed by atoms with Gasteiger partial charge in [0.25, 0.3) is 0 Å². The summed E-state index contributed by atoms with van der Waals surface area (Å²) in [5.74, 6) is 0.626. The molecular formula is C19H35IN4O2S. The van der Waals surface area contributed by atoms with Crippen molar-refractivity contribution in [1.82, 2.24) is 15.4 Å². The molecule has 0 bridgehead atoms. The molecule has 1 atom stereocenters. The van der Waals surface area contributed by atoms with Gasteiger partial charge < -0.3 is 10.6 Å². The van der Waals surface area contributed by atoms with E-state index in [0.717, 1.165) is 18.4 Å². The highest BCUT2D eigenvalue weighted by atomic mass is 127. The number of rotatable bonds is 9. The first-order chi connectivity index (χ1) is 12.1. The van der Waals surface area contributed by atoms with Crippen molar-refractivity contribution in [3.8, 4) is 0 Å². The lowest BCUT2D eigenvalue weighted by molar-refractivity contribution is 0.346. The van der Waals surface area contributed by atoms with Crippen LogP contribution >= 0.6 is 24.0 Å². The van der Waals surface area contributed by atoms with E-state index in [1.165, 1.54) is 0 Å². The van der Waals surface area contributed by atoms with Crippen molar-refractivity contribution < 1.29 is 8.42 Å². The van der Waals surface area contributed by atoms with Crippen LogP contribution < -0.4 is 15.4 Å². The highest BCUT2D eigenvalue weighted by Crippen LogP contribution is 2.21. The second-order valence-corrected chi connectivity index (χ2v) is 9.70. The van der Waals surface area contributed by atoms with Crippen molar-refractivity contribution in [2.24, 2.45) is 10.4 Å². The van der Waals surface area contributed by atoms with E-state index in [1.807, 2.05) is 30.3 Å². The van der Waals surface area contributed by atoms with Gasteiger partial charge >= 0.3 is 0 Å². The maximum atomic E-state index is 12.1. The van der Waals surface area contributed by atoms with Crippen molar-refractivity contribution in [2.75, 3.05) is 19.3 Å². The molecule has 27 heavy (non-hydrogen) atoms. The Balaban J connectivity index is 0.00000676. The van der Waals surface area contributed by atoms with E-state index in [9.17, 15) is 8.42 Å². The summed E-state index contributed by atoms with van der Waals surface area (Å²) in [6, 6.07) is 9.75. The summed E-state index contributed by atoms with van der Waals surface area (Å²) >= 11 is 0. The molecule has 0 amide bonds. The average Bonchev–Trinajstić information content (AvgIpc) is 2.57. The lowest BCUT2D eigenvalue weighted by atomic mass is 9.89. The Kier molecular flexibility index (Phi) is 12.2. The lowest BCUT2D eigenvalue weighted by Crippen LogP contribution is -2.44. The zero-order valence-corrected chi connectivity index (χ0v) is 20.2. The second kappa shape index (κ2) is 12.6. The molecule has 0 aliphatic rings. The summed E-state index contributed by atoms with van der Waals surface area (Å²) in [5.41, 5.74) is 1.24. The minimum atomic E-state index is -3.34. The number of aliphatic imine (C=N–C) groups is 1. The number of hydrogen-bond donors (Lipinski definition) is 3. The lowest BCUT2D eigenvalue weighted by Gasteiger charge is -2.23. The van der Waals surface area contributed by atoms with Gasteiger partial charge in [-0.15, -0.1) is 24.0 Å².